The first-order valence-electron chi connectivity index (χ1n) is 6.24. The van der Waals surface area contributed by atoms with Crippen LogP contribution in [0.2, 0.25) is 0 Å². The van der Waals surface area contributed by atoms with Crippen LogP contribution in [0.1, 0.15) is 11.3 Å². The molecule has 3 rings (SSSR count). The van der Waals surface area contributed by atoms with Crippen molar-refractivity contribution in [3.8, 4) is 6.07 Å². The third-order valence-electron chi connectivity index (χ3n) is 2.55. The molecular formula is C14H9N5S3. The van der Waals surface area contributed by atoms with E-state index >= 15 is 0 Å². The smallest absolute Gasteiger partial charge is 0.181 e. The Hall–Kier alpha value is -1.95. The van der Waals surface area contributed by atoms with Crippen LogP contribution in [0, 0.1) is 11.3 Å². The maximum absolute atomic E-state index is 9.01. The average molecular weight is 343 g/mol. The van der Waals surface area contributed by atoms with Gasteiger partial charge in [0.2, 0.25) is 0 Å². The summed E-state index contributed by atoms with van der Waals surface area (Å²) in [5, 5.41) is 17.9. The first-order valence-corrected chi connectivity index (χ1v) is 8.86. The minimum absolute atomic E-state index is 0.307. The van der Waals surface area contributed by atoms with Crippen LogP contribution in [0.15, 0.2) is 56.4 Å². The molecule has 0 aliphatic carbocycles. The summed E-state index contributed by atoms with van der Waals surface area (Å²) in [5.41, 5.74) is 1.55. The summed E-state index contributed by atoms with van der Waals surface area (Å²) < 4.78 is 1.65. The van der Waals surface area contributed by atoms with Gasteiger partial charge in [-0.2, -0.15) is 5.26 Å². The van der Waals surface area contributed by atoms with Gasteiger partial charge in [-0.3, -0.25) is 0 Å². The molecule has 0 radical (unpaired) electrons. The fourth-order valence-corrected chi connectivity index (χ4v) is 4.47. The highest BCUT2D eigenvalue weighted by Crippen LogP contribution is 2.34. The molecule has 0 amide bonds. The Morgan fingerprint density at radius 3 is 2.64 bits per heavy atom. The van der Waals surface area contributed by atoms with E-state index in [9.17, 15) is 0 Å². The summed E-state index contributed by atoms with van der Waals surface area (Å²) in [6.07, 6.45) is 3.07. The predicted octanol–water partition coefficient (Wildman–Crippen LogP) is 3.64. The summed E-state index contributed by atoms with van der Waals surface area (Å²) >= 11 is 4.45. The molecule has 5 nitrogen and oxygen atoms in total. The Morgan fingerprint density at radius 1 is 1.05 bits per heavy atom. The summed E-state index contributed by atoms with van der Waals surface area (Å²) in [6, 6.07) is 12.2. The second-order valence-electron chi connectivity index (χ2n) is 4.03. The molecule has 0 saturated heterocycles. The van der Waals surface area contributed by atoms with E-state index in [-0.39, 0.29) is 0 Å². The molecule has 22 heavy (non-hydrogen) atoms. The van der Waals surface area contributed by atoms with Crippen LogP contribution in [-0.4, -0.2) is 20.2 Å². The van der Waals surface area contributed by atoms with Crippen molar-refractivity contribution in [3.63, 3.8) is 0 Å². The minimum atomic E-state index is 0.307. The van der Waals surface area contributed by atoms with Crippen LogP contribution in [0.4, 0.5) is 0 Å². The lowest BCUT2D eigenvalue weighted by molar-refractivity contribution is 0.949. The lowest BCUT2D eigenvalue weighted by Crippen LogP contribution is -1.89. The van der Waals surface area contributed by atoms with Gasteiger partial charge in [0.05, 0.1) is 0 Å². The standard InChI is InChI=1S/C14H9N5S3/c15-8-11-12(17-7-6-16-11)21-14-19-18-13(22-14)20-9-10-4-2-1-3-5-10/h1-7H,9H2. The van der Waals surface area contributed by atoms with Crippen molar-refractivity contribution in [3.05, 3.63) is 54.0 Å². The molecule has 2 aromatic heterocycles. The van der Waals surface area contributed by atoms with Crippen molar-refractivity contribution >= 4 is 34.9 Å². The van der Waals surface area contributed by atoms with Gasteiger partial charge < -0.3 is 0 Å². The van der Waals surface area contributed by atoms with E-state index in [1.54, 1.807) is 18.0 Å². The highest BCUT2D eigenvalue weighted by molar-refractivity contribution is 8.02. The normalized spacial score (nSPS) is 10.3. The molecular weight excluding hydrogens is 334 g/mol. The maximum Gasteiger partial charge on any atom is 0.181 e. The molecule has 1 aromatic carbocycles. The van der Waals surface area contributed by atoms with E-state index in [1.165, 1.54) is 34.9 Å². The number of aromatic nitrogens is 4. The Labute approximate surface area is 139 Å². The molecule has 3 aromatic rings. The molecule has 0 atom stereocenters. The summed E-state index contributed by atoms with van der Waals surface area (Å²) in [6.45, 7) is 0. The Bertz CT molecular complexity index is 797. The lowest BCUT2D eigenvalue weighted by atomic mass is 10.2. The highest BCUT2D eigenvalue weighted by atomic mass is 32.2. The number of benzene rings is 1. The van der Waals surface area contributed by atoms with E-state index in [2.05, 4.69) is 32.3 Å². The van der Waals surface area contributed by atoms with Gasteiger partial charge >= 0.3 is 0 Å². The number of hydrogen-bond donors (Lipinski definition) is 0. The topological polar surface area (TPSA) is 75.3 Å². The zero-order chi connectivity index (χ0) is 15.2. The number of thioether (sulfide) groups is 1. The third-order valence-corrected chi connectivity index (χ3v) is 5.72. The van der Waals surface area contributed by atoms with Gasteiger partial charge in [-0.05, 0) is 17.3 Å². The van der Waals surface area contributed by atoms with Crippen molar-refractivity contribution in [2.24, 2.45) is 0 Å². The zero-order valence-corrected chi connectivity index (χ0v) is 13.7. The van der Waals surface area contributed by atoms with E-state index in [0.29, 0.717) is 10.7 Å². The monoisotopic (exact) mass is 343 g/mol. The Balaban J connectivity index is 1.65. The van der Waals surface area contributed by atoms with Crippen molar-refractivity contribution in [2.75, 3.05) is 0 Å². The summed E-state index contributed by atoms with van der Waals surface area (Å²) in [5.74, 6) is 0.856. The number of rotatable bonds is 5. The number of nitriles is 1. The minimum Gasteiger partial charge on any atom is -0.245 e. The van der Waals surface area contributed by atoms with E-state index in [0.717, 1.165) is 14.4 Å². The van der Waals surface area contributed by atoms with Gasteiger partial charge in [-0.25, -0.2) is 9.97 Å². The maximum atomic E-state index is 9.01. The van der Waals surface area contributed by atoms with Crippen LogP contribution in [0.3, 0.4) is 0 Å². The lowest BCUT2D eigenvalue weighted by Gasteiger charge is -1.97. The quantitative estimate of drug-likeness (QED) is 0.655. The first kappa shape index (κ1) is 15.0. The van der Waals surface area contributed by atoms with Crippen LogP contribution >= 0.6 is 34.9 Å². The number of hydrogen-bond acceptors (Lipinski definition) is 8. The van der Waals surface area contributed by atoms with Crippen LogP contribution < -0.4 is 0 Å². The van der Waals surface area contributed by atoms with Gasteiger partial charge in [-0.15, -0.1) is 10.2 Å². The molecule has 0 aliphatic rings. The molecule has 108 valence electrons. The van der Waals surface area contributed by atoms with Gasteiger partial charge in [-0.1, -0.05) is 53.4 Å². The molecule has 0 aliphatic heterocycles. The molecule has 0 saturated carbocycles. The second kappa shape index (κ2) is 7.35. The molecule has 8 heteroatoms. The highest BCUT2D eigenvalue weighted by Gasteiger charge is 2.11. The predicted molar refractivity (Wildman–Crippen MR) is 86.8 cm³/mol. The van der Waals surface area contributed by atoms with Crippen molar-refractivity contribution in [2.45, 2.75) is 19.5 Å². The fourth-order valence-electron chi connectivity index (χ4n) is 1.58. The average Bonchev–Trinajstić information content (AvgIpc) is 3.02. The van der Waals surface area contributed by atoms with Crippen LogP contribution in [-0.2, 0) is 5.75 Å². The van der Waals surface area contributed by atoms with E-state index < -0.39 is 0 Å². The van der Waals surface area contributed by atoms with Crippen molar-refractivity contribution in [1.82, 2.24) is 20.2 Å². The molecule has 0 bridgehead atoms. The van der Waals surface area contributed by atoms with Crippen molar-refractivity contribution in [1.29, 1.82) is 5.26 Å². The largest absolute Gasteiger partial charge is 0.245 e. The third kappa shape index (κ3) is 3.82. The summed E-state index contributed by atoms with van der Waals surface area (Å²) in [4.78, 5) is 8.14. The molecule has 0 fully saturated rings. The SMILES string of the molecule is N#Cc1nccnc1Sc1nnc(SCc2ccccc2)s1. The summed E-state index contributed by atoms with van der Waals surface area (Å²) in [7, 11) is 0. The van der Waals surface area contributed by atoms with Gasteiger partial charge in [0.25, 0.3) is 0 Å². The Kier molecular flexibility index (Phi) is 5.00. The first-order chi connectivity index (χ1) is 10.8. The Morgan fingerprint density at radius 2 is 1.82 bits per heavy atom. The fraction of sp³-hybridized carbons (Fsp3) is 0.0714. The molecule has 0 N–H and O–H groups in total. The van der Waals surface area contributed by atoms with Crippen LogP contribution in [0.25, 0.3) is 0 Å². The molecule has 0 unspecified atom stereocenters. The molecule has 2 heterocycles. The van der Waals surface area contributed by atoms with Gasteiger partial charge in [0.1, 0.15) is 11.1 Å². The van der Waals surface area contributed by atoms with Gasteiger partial charge in [0.15, 0.2) is 14.4 Å². The van der Waals surface area contributed by atoms with E-state index in [4.69, 9.17) is 5.26 Å². The van der Waals surface area contributed by atoms with E-state index in [1.807, 2.05) is 24.3 Å². The van der Waals surface area contributed by atoms with Crippen LogP contribution in [0.5, 0.6) is 0 Å². The second-order valence-corrected chi connectivity index (χ2v) is 7.47. The molecule has 0 spiro atoms. The van der Waals surface area contributed by atoms with Crippen molar-refractivity contribution < 1.29 is 0 Å². The number of nitrogens with zero attached hydrogens (tertiary/aromatic N) is 5. The zero-order valence-electron chi connectivity index (χ0n) is 11.2. The van der Waals surface area contributed by atoms with Gasteiger partial charge in [0, 0.05) is 18.1 Å².